The van der Waals surface area contributed by atoms with E-state index in [1.807, 2.05) is 24.3 Å². The molecule has 0 saturated carbocycles. The van der Waals surface area contributed by atoms with Gasteiger partial charge in [0.1, 0.15) is 0 Å². The predicted molar refractivity (Wildman–Crippen MR) is 88.7 cm³/mol. The summed E-state index contributed by atoms with van der Waals surface area (Å²) < 4.78 is 2.45. The Kier molecular flexibility index (Phi) is 3.17. The molecule has 1 aromatic heterocycles. The van der Waals surface area contributed by atoms with Crippen molar-refractivity contribution in [2.45, 2.75) is 13.0 Å². The van der Waals surface area contributed by atoms with E-state index in [0.29, 0.717) is 5.56 Å². The third-order valence-corrected chi connectivity index (χ3v) is 4.40. The van der Waals surface area contributed by atoms with Crippen molar-refractivity contribution >= 4 is 10.9 Å². The van der Waals surface area contributed by atoms with E-state index >= 15 is 0 Å². The van der Waals surface area contributed by atoms with Crippen molar-refractivity contribution in [3.63, 3.8) is 0 Å². The minimum absolute atomic E-state index is 0.703. The summed E-state index contributed by atoms with van der Waals surface area (Å²) in [5.74, 6) is 0. The zero-order valence-electron chi connectivity index (χ0n) is 12.3. The molecule has 0 unspecified atom stereocenters. The van der Waals surface area contributed by atoms with Crippen molar-refractivity contribution < 1.29 is 0 Å². The van der Waals surface area contributed by atoms with E-state index in [9.17, 15) is 0 Å². The molecule has 108 valence electrons. The van der Waals surface area contributed by atoms with Crippen LogP contribution in [0.1, 0.15) is 11.3 Å². The number of hydrogen-bond donors (Lipinski definition) is 1. The molecule has 3 heteroatoms. The number of rotatable bonds is 1. The summed E-state index contributed by atoms with van der Waals surface area (Å²) in [6, 6.07) is 18.9. The quantitative estimate of drug-likeness (QED) is 0.746. The Balaban J connectivity index is 1.93. The summed E-state index contributed by atoms with van der Waals surface area (Å²) in [5, 5.41) is 13.7. The maximum Gasteiger partial charge on any atom is 0.0991 e. The third kappa shape index (κ3) is 2.09. The molecule has 0 spiro atoms. The van der Waals surface area contributed by atoms with Crippen molar-refractivity contribution in [3.05, 3.63) is 59.8 Å². The van der Waals surface area contributed by atoms with E-state index in [1.165, 1.54) is 27.7 Å². The molecule has 0 aliphatic carbocycles. The second kappa shape index (κ2) is 5.32. The Labute approximate surface area is 129 Å². The largest absolute Gasteiger partial charge is 0.343 e. The van der Waals surface area contributed by atoms with Crippen LogP contribution in [0.3, 0.4) is 0 Å². The average Bonchev–Trinajstić information content (AvgIpc) is 2.76. The zero-order valence-corrected chi connectivity index (χ0v) is 12.3. The summed E-state index contributed by atoms with van der Waals surface area (Å²) in [5.41, 5.74) is 5.83. The number of para-hydroxylation sites is 1. The Hall–Kier alpha value is -2.57. The summed E-state index contributed by atoms with van der Waals surface area (Å²) in [6.45, 7) is 3.06. The molecule has 0 fully saturated rings. The molecule has 3 nitrogen and oxygen atoms in total. The van der Waals surface area contributed by atoms with Gasteiger partial charge in [-0.1, -0.05) is 30.3 Å². The minimum Gasteiger partial charge on any atom is -0.343 e. The first-order valence-electron chi connectivity index (χ1n) is 7.69. The third-order valence-electron chi connectivity index (χ3n) is 4.40. The molecular weight excluding hydrogens is 270 g/mol. The van der Waals surface area contributed by atoms with E-state index < -0.39 is 0 Å². The van der Waals surface area contributed by atoms with Gasteiger partial charge in [0, 0.05) is 42.7 Å². The van der Waals surface area contributed by atoms with Crippen LogP contribution in [0.15, 0.2) is 48.5 Å². The first-order chi connectivity index (χ1) is 10.9. The van der Waals surface area contributed by atoms with Gasteiger partial charge in [0.15, 0.2) is 0 Å². The van der Waals surface area contributed by atoms with Crippen LogP contribution in [-0.4, -0.2) is 17.7 Å². The Bertz CT molecular complexity index is 866. The van der Waals surface area contributed by atoms with Crippen LogP contribution >= 0.6 is 0 Å². The number of benzene rings is 2. The highest BCUT2D eigenvalue weighted by Crippen LogP contribution is 2.31. The maximum atomic E-state index is 8.97. The number of hydrogen-bond acceptors (Lipinski definition) is 2. The summed E-state index contributed by atoms with van der Waals surface area (Å²) in [7, 11) is 0. The molecule has 0 atom stereocenters. The highest BCUT2D eigenvalue weighted by Gasteiger charge is 2.15. The van der Waals surface area contributed by atoms with Crippen molar-refractivity contribution in [3.8, 4) is 17.2 Å². The monoisotopic (exact) mass is 287 g/mol. The molecule has 22 heavy (non-hydrogen) atoms. The Morgan fingerprint density at radius 2 is 1.91 bits per heavy atom. The fourth-order valence-corrected chi connectivity index (χ4v) is 3.33. The first kappa shape index (κ1) is 13.1. The van der Waals surface area contributed by atoms with Crippen LogP contribution in [0.4, 0.5) is 0 Å². The lowest BCUT2D eigenvalue weighted by Gasteiger charge is -2.11. The number of nitrogens with zero attached hydrogens (tertiary/aromatic N) is 2. The second-order valence-corrected chi connectivity index (χ2v) is 5.72. The fourth-order valence-electron chi connectivity index (χ4n) is 3.33. The van der Waals surface area contributed by atoms with Crippen LogP contribution in [-0.2, 0) is 13.0 Å². The normalized spacial score (nSPS) is 14.3. The van der Waals surface area contributed by atoms with E-state index in [-0.39, 0.29) is 0 Å². The van der Waals surface area contributed by atoms with Crippen LogP contribution in [0, 0.1) is 11.3 Å². The van der Waals surface area contributed by atoms with Gasteiger partial charge in [-0.2, -0.15) is 5.26 Å². The lowest BCUT2D eigenvalue weighted by atomic mass is 10.0. The standard InChI is InChI=1S/C19H17N3/c20-13-14-4-6-15(7-5-14)18-3-1-2-16-12-17-8-9-21-10-11-22(17)19(16)18/h1-7,12,21H,8-11H2. The van der Waals surface area contributed by atoms with Crippen LogP contribution in [0.2, 0.25) is 0 Å². The predicted octanol–water partition coefficient (Wildman–Crippen LogP) is 3.33. The van der Waals surface area contributed by atoms with Crippen molar-refractivity contribution in [1.82, 2.24) is 9.88 Å². The maximum absolute atomic E-state index is 8.97. The van der Waals surface area contributed by atoms with E-state index in [0.717, 1.165) is 26.1 Å². The van der Waals surface area contributed by atoms with Crippen molar-refractivity contribution in [1.29, 1.82) is 5.26 Å². The van der Waals surface area contributed by atoms with Gasteiger partial charge >= 0.3 is 0 Å². The molecule has 0 amide bonds. The van der Waals surface area contributed by atoms with Crippen LogP contribution in [0.5, 0.6) is 0 Å². The molecule has 1 N–H and O–H groups in total. The molecule has 3 aromatic rings. The van der Waals surface area contributed by atoms with Crippen LogP contribution in [0.25, 0.3) is 22.0 Å². The fraction of sp³-hybridized carbons (Fsp3) is 0.211. The summed E-state index contributed by atoms with van der Waals surface area (Å²) >= 11 is 0. The van der Waals surface area contributed by atoms with E-state index in [2.05, 4.69) is 40.2 Å². The molecule has 2 heterocycles. The molecule has 0 radical (unpaired) electrons. The van der Waals surface area contributed by atoms with Crippen molar-refractivity contribution in [2.75, 3.05) is 13.1 Å². The number of fused-ring (bicyclic) bond motifs is 3. The lowest BCUT2D eigenvalue weighted by Crippen LogP contribution is -2.17. The highest BCUT2D eigenvalue weighted by molar-refractivity contribution is 5.95. The topological polar surface area (TPSA) is 40.8 Å². The number of aromatic nitrogens is 1. The molecule has 0 saturated heterocycles. The smallest absolute Gasteiger partial charge is 0.0991 e. The number of nitriles is 1. The molecule has 4 rings (SSSR count). The Morgan fingerprint density at radius 1 is 1.05 bits per heavy atom. The van der Waals surface area contributed by atoms with Gasteiger partial charge < -0.3 is 9.88 Å². The van der Waals surface area contributed by atoms with Gasteiger partial charge in [-0.15, -0.1) is 0 Å². The first-order valence-corrected chi connectivity index (χ1v) is 7.69. The number of nitrogens with one attached hydrogen (secondary N) is 1. The zero-order chi connectivity index (χ0) is 14.9. The Morgan fingerprint density at radius 3 is 2.73 bits per heavy atom. The summed E-state index contributed by atoms with van der Waals surface area (Å²) in [6.07, 6.45) is 1.07. The van der Waals surface area contributed by atoms with Gasteiger partial charge in [-0.3, -0.25) is 0 Å². The molecule has 2 aromatic carbocycles. The molecule has 1 aliphatic rings. The van der Waals surface area contributed by atoms with Gasteiger partial charge in [-0.25, -0.2) is 0 Å². The average molecular weight is 287 g/mol. The minimum atomic E-state index is 0.703. The van der Waals surface area contributed by atoms with Crippen LogP contribution < -0.4 is 5.32 Å². The van der Waals surface area contributed by atoms with Gasteiger partial charge in [0.2, 0.25) is 0 Å². The van der Waals surface area contributed by atoms with Gasteiger partial charge in [0.05, 0.1) is 17.1 Å². The second-order valence-electron chi connectivity index (χ2n) is 5.72. The van der Waals surface area contributed by atoms with E-state index in [1.54, 1.807) is 0 Å². The highest BCUT2D eigenvalue weighted by atomic mass is 15.0. The lowest BCUT2D eigenvalue weighted by molar-refractivity contribution is 0.658. The SMILES string of the molecule is N#Cc1ccc(-c2cccc3cc4n(c23)CCNCC4)cc1. The van der Waals surface area contributed by atoms with E-state index in [4.69, 9.17) is 5.26 Å². The van der Waals surface area contributed by atoms with Crippen molar-refractivity contribution in [2.24, 2.45) is 0 Å². The van der Waals surface area contributed by atoms with Gasteiger partial charge in [0.25, 0.3) is 0 Å². The summed E-state index contributed by atoms with van der Waals surface area (Å²) in [4.78, 5) is 0. The van der Waals surface area contributed by atoms with Gasteiger partial charge in [-0.05, 0) is 23.8 Å². The molecule has 0 bridgehead atoms. The molecule has 1 aliphatic heterocycles. The molecular formula is C19H17N3.